The first-order chi connectivity index (χ1) is 10.3. The molecule has 3 heteroatoms. The summed E-state index contributed by atoms with van der Waals surface area (Å²) in [6.07, 6.45) is 6.31. The van der Waals surface area contributed by atoms with Crippen LogP contribution in [0.1, 0.15) is 32.1 Å². The fourth-order valence-electron chi connectivity index (χ4n) is 2.38. The summed E-state index contributed by atoms with van der Waals surface area (Å²) in [4.78, 5) is 2.46. The SMILES string of the molecule is CN(C#CC#CC(=S)NC1CCCCC1)c1ccccc1. The van der Waals surface area contributed by atoms with Crippen molar-refractivity contribution in [2.24, 2.45) is 0 Å². The first-order valence-electron chi connectivity index (χ1n) is 7.36. The maximum atomic E-state index is 5.24. The molecule has 2 rings (SSSR count). The third-order valence-electron chi connectivity index (χ3n) is 3.55. The van der Waals surface area contributed by atoms with Crippen molar-refractivity contribution in [3.8, 4) is 23.8 Å². The maximum absolute atomic E-state index is 5.24. The van der Waals surface area contributed by atoms with Crippen molar-refractivity contribution >= 4 is 22.9 Å². The molecule has 1 fully saturated rings. The summed E-state index contributed by atoms with van der Waals surface area (Å²) >= 11 is 5.24. The van der Waals surface area contributed by atoms with Crippen LogP contribution in [0, 0.1) is 23.8 Å². The molecule has 0 unspecified atom stereocenters. The Morgan fingerprint density at radius 2 is 1.86 bits per heavy atom. The monoisotopic (exact) mass is 296 g/mol. The predicted molar refractivity (Wildman–Crippen MR) is 93.0 cm³/mol. The second-order valence-electron chi connectivity index (χ2n) is 5.19. The first kappa shape index (κ1) is 15.4. The highest BCUT2D eigenvalue weighted by molar-refractivity contribution is 7.80. The van der Waals surface area contributed by atoms with Crippen LogP contribution in [0.25, 0.3) is 0 Å². The smallest absolute Gasteiger partial charge is 0.152 e. The lowest BCUT2D eigenvalue weighted by Gasteiger charge is -2.22. The van der Waals surface area contributed by atoms with Crippen LogP contribution in [0.3, 0.4) is 0 Å². The zero-order chi connectivity index (χ0) is 14.9. The topological polar surface area (TPSA) is 15.3 Å². The van der Waals surface area contributed by atoms with Gasteiger partial charge in [-0.25, -0.2) is 0 Å². The maximum Gasteiger partial charge on any atom is 0.152 e. The minimum atomic E-state index is 0.500. The summed E-state index contributed by atoms with van der Waals surface area (Å²) < 4.78 is 0. The van der Waals surface area contributed by atoms with Crippen molar-refractivity contribution < 1.29 is 0 Å². The van der Waals surface area contributed by atoms with Crippen molar-refractivity contribution in [3.63, 3.8) is 0 Å². The van der Waals surface area contributed by atoms with Crippen molar-refractivity contribution in [2.75, 3.05) is 11.9 Å². The van der Waals surface area contributed by atoms with E-state index in [0.29, 0.717) is 11.0 Å². The molecule has 2 nitrogen and oxygen atoms in total. The Morgan fingerprint density at radius 1 is 1.14 bits per heavy atom. The molecule has 0 aromatic heterocycles. The second kappa shape index (κ2) is 8.35. The number of thiocarbonyl (C=S) groups is 1. The van der Waals surface area contributed by atoms with Gasteiger partial charge in [-0.3, -0.25) is 0 Å². The van der Waals surface area contributed by atoms with E-state index in [1.54, 1.807) is 0 Å². The van der Waals surface area contributed by atoms with Gasteiger partial charge in [0.15, 0.2) is 4.99 Å². The average Bonchev–Trinajstić information content (AvgIpc) is 2.53. The van der Waals surface area contributed by atoms with Crippen molar-refractivity contribution in [3.05, 3.63) is 30.3 Å². The lowest BCUT2D eigenvalue weighted by Crippen LogP contribution is -2.34. The fraction of sp³-hybridized carbons (Fsp3) is 0.389. The first-order valence-corrected chi connectivity index (χ1v) is 7.77. The Hall–Kier alpha value is -1.97. The summed E-state index contributed by atoms with van der Waals surface area (Å²) in [6.45, 7) is 0. The van der Waals surface area contributed by atoms with E-state index >= 15 is 0 Å². The Balaban J connectivity index is 1.83. The van der Waals surface area contributed by atoms with E-state index in [1.807, 2.05) is 42.3 Å². The van der Waals surface area contributed by atoms with Crippen LogP contribution >= 0.6 is 12.2 Å². The van der Waals surface area contributed by atoms with Crippen LogP contribution in [0.5, 0.6) is 0 Å². The van der Waals surface area contributed by atoms with Crippen LogP contribution in [0.4, 0.5) is 5.69 Å². The summed E-state index contributed by atoms with van der Waals surface area (Å²) in [5.41, 5.74) is 1.05. The number of nitrogens with one attached hydrogen (secondary N) is 1. The van der Waals surface area contributed by atoms with Crippen molar-refractivity contribution in [1.29, 1.82) is 0 Å². The fourth-order valence-corrected chi connectivity index (χ4v) is 2.60. The average molecular weight is 296 g/mol. The number of nitrogens with zero attached hydrogens (tertiary/aromatic N) is 1. The molecule has 0 radical (unpaired) electrons. The third kappa shape index (κ3) is 5.50. The Bertz CT molecular complexity index is 580. The van der Waals surface area contributed by atoms with E-state index in [-0.39, 0.29) is 0 Å². The van der Waals surface area contributed by atoms with Crippen LogP contribution < -0.4 is 10.2 Å². The van der Waals surface area contributed by atoms with E-state index < -0.39 is 0 Å². The van der Waals surface area contributed by atoms with Crippen molar-refractivity contribution in [1.82, 2.24) is 5.32 Å². The number of benzene rings is 1. The van der Waals surface area contributed by atoms with Gasteiger partial charge in [0.25, 0.3) is 0 Å². The molecule has 1 aliphatic carbocycles. The molecule has 0 amide bonds. The molecule has 1 saturated carbocycles. The molecule has 1 aromatic rings. The highest BCUT2D eigenvalue weighted by Crippen LogP contribution is 2.17. The molecule has 1 aromatic carbocycles. The van der Waals surface area contributed by atoms with Gasteiger partial charge in [-0.15, -0.1) is 0 Å². The van der Waals surface area contributed by atoms with E-state index in [0.717, 1.165) is 5.69 Å². The highest BCUT2D eigenvalue weighted by atomic mass is 32.1. The minimum absolute atomic E-state index is 0.500. The Labute approximate surface area is 132 Å². The minimum Gasteiger partial charge on any atom is -0.367 e. The molecule has 1 N–H and O–H groups in total. The van der Waals surface area contributed by atoms with E-state index in [9.17, 15) is 0 Å². The summed E-state index contributed by atoms with van der Waals surface area (Å²) in [5, 5.41) is 3.32. The van der Waals surface area contributed by atoms with E-state index in [1.165, 1.54) is 32.1 Å². The summed E-state index contributed by atoms with van der Waals surface area (Å²) in [6, 6.07) is 13.5. The Kier molecular flexibility index (Phi) is 6.13. The summed E-state index contributed by atoms with van der Waals surface area (Å²) in [5.74, 6) is 8.56. The molecular formula is C18H20N2S. The molecular weight excluding hydrogens is 276 g/mol. The normalized spacial score (nSPS) is 14.1. The zero-order valence-electron chi connectivity index (χ0n) is 12.4. The van der Waals surface area contributed by atoms with E-state index in [4.69, 9.17) is 12.2 Å². The molecule has 0 aliphatic heterocycles. The molecule has 0 heterocycles. The van der Waals surface area contributed by atoms with Gasteiger partial charge >= 0.3 is 0 Å². The lowest BCUT2D eigenvalue weighted by molar-refractivity contribution is 0.415. The van der Waals surface area contributed by atoms with Gasteiger partial charge in [-0.1, -0.05) is 49.7 Å². The highest BCUT2D eigenvalue weighted by Gasteiger charge is 2.12. The predicted octanol–water partition coefficient (Wildman–Crippen LogP) is 3.34. The van der Waals surface area contributed by atoms with Gasteiger partial charge in [0.1, 0.15) is 0 Å². The Morgan fingerprint density at radius 3 is 2.57 bits per heavy atom. The van der Waals surface area contributed by atoms with E-state index in [2.05, 4.69) is 29.1 Å². The second-order valence-corrected chi connectivity index (χ2v) is 5.60. The van der Waals surface area contributed by atoms with Gasteiger partial charge < -0.3 is 10.2 Å². The molecule has 0 atom stereocenters. The zero-order valence-corrected chi connectivity index (χ0v) is 13.2. The molecule has 0 spiro atoms. The van der Waals surface area contributed by atoms with Gasteiger partial charge in [-0.05, 0) is 36.8 Å². The molecule has 108 valence electrons. The number of anilines is 1. The molecule has 0 bridgehead atoms. The summed E-state index contributed by atoms with van der Waals surface area (Å²) in [7, 11) is 1.92. The molecule has 0 saturated heterocycles. The molecule has 1 aliphatic rings. The van der Waals surface area contributed by atoms with Gasteiger partial charge in [-0.2, -0.15) is 0 Å². The number of hydrogen-bond acceptors (Lipinski definition) is 2. The van der Waals surface area contributed by atoms with Crippen LogP contribution in [0.2, 0.25) is 0 Å². The van der Waals surface area contributed by atoms with Crippen molar-refractivity contribution in [2.45, 2.75) is 38.1 Å². The van der Waals surface area contributed by atoms with Gasteiger partial charge in [0.05, 0.1) is 0 Å². The quantitative estimate of drug-likeness (QED) is 0.512. The third-order valence-corrected chi connectivity index (χ3v) is 3.77. The van der Waals surface area contributed by atoms with Crippen LogP contribution in [-0.4, -0.2) is 18.1 Å². The lowest BCUT2D eigenvalue weighted by atomic mass is 9.95. The number of rotatable bonds is 2. The largest absolute Gasteiger partial charge is 0.367 e. The number of para-hydroxylation sites is 1. The van der Waals surface area contributed by atoms with Gasteiger partial charge in [0.2, 0.25) is 0 Å². The number of hydrogen-bond donors (Lipinski definition) is 1. The standard InChI is InChI=1S/C18H20N2S/c1-20(17-12-6-3-7-13-17)15-9-8-14-18(21)19-16-10-4-2-5-11-16/h3,6-7,12-13,16H,2,4-5,10-11H2,1H3,(H,19,21). The van der Waals surface area contributed by atoms with Gasteiger partial charge in [0, 0.05) is 30.7 Å². The molecule has 21 heavy (non-hydrogen) atoms. The van der Waals surface area contributed by atoms with Crippen LogP contribution in [0.15, 0.2) is 30.3 Å². The van der Waals surface area contributed by atoms with Crippen LogP contribution in [-0.2, 0) is 0 Å².